The Balaban J connectivity index is 1.61. The van der Waals surface area contributed by atoms with E-state index in [1.807, 2.05) is 6.92 Å². The Kier molecular flexibility index (Phi) is 5.97. The van der Waals surface area contributed by atoms with Gasteiger partial charge in [-0.1, -0.05) is 53.2 Å². The van der Waals surface area contributed by atoms with E-state index < -0.39 is 23.0 Å². The van der Waals surface area contributed by atoms with Gasteiger partial charge in [0.2, 0.25) is 0 Å². The SMILES string of the molecule is COC(=O)[C@]12CCC(C)(C)C[C@H]1C1=CC[C@@H]3[C@@]4(C)CC(O)C(O)[C@@](C)(CO)[C@@H]4CC[C@@]3(C)[C@]1(C)CC2. The fourth-order valence-corrected chi connectivity index (χ4v) is 11.0. The molecule has 2 unspecified atom stereocenters. The molecular formula is C31H50O5. The smallest absolute Gasteiger partial charge is 0.312 e. The highest BCUT2D eigenvalue weighted by Gasteiger charge is 2.70. The normalized spacial score (nSPS) is 53.7. The van der Waals surface area contributed by atoms with Gasteiger partial charge in [0.1, 0.15) is 0 Å². The fourth-order valence-electron chi connectivity index (χ4n) is 11.0. The summed E-state index contributed by atoms with van der Waals surface area (Å²) in [6.07, 6.45) is 9.16. The van der Waals surface area contributed by atoms with Crippen molar-refractivity contribution in [2.24, 2.45) is 50.2 Å². The molecule has 0 saturated heterocycles. The van der Waals surface area contributed by atoms with Gasteiger partial charge in [0.05, 0.1) is 31.3 Å². The number of carbonyl (C=O) groups excluding carboxylic acids is 1. The molecule has 0 aromatic rings. The molecule has 0 spiro atoms. The Bertz CT molecular complexity index is 957. The van der Waals surface area contributed by atoms with Crippen molar-refractivity contribution in [2.75, 3.05) is 13.7 Å². The molecule has 10 atom stereocenters. The Morgan fingerprint density at radius 2 is 1.64 bits per heavy atom. The van der Waals surface area contributed by atoms with Crippen LogP contribution < -0.4 is 0 Å². The Labute approximate surface area is 218 Å². The Morgan fingerprint density at radius 1 is 0.972 bits per heavy atom. The number of hydrogen-bond donors (Lipinski definition) is 3. The van der Waals surface area contributed by atoms with E-state index in [1.165, 1.54) is 5.57 Å². The molecule has 5 rings (SSSR count). The number of fused-ring (bicyclic) bond motifs is 7. The number of rotatable bonds is 2. The van der Waals surface area contributed by atoms with Gasteiger partial charge in [-0.15, -0.1) is 0 Å². The second kappa shape index (κ2) is 8.05. The first-order valence-electron chi connectivity index (χ1n) is 14.4. The quantitative estimate of drug-likeness (QED) is 0.354. The van der Waals surface area contributed by atoms with Crippen LogP contribution in [0.25, 0.3) is 0 Å². The zero-order valence-electron chi connectivity index (χ0n) is 23.7. The minimum Gasteiger partial charge on any atom is -0.469 e. The number of methoxy groups -OCH3 is 1. The van der Waals surface area contributed by atoms with Crippen molar-refractivity contribution in [3.05, 3.63) is 11.6 Å². The lowest BCUT2D eigenvalue weighted by Gasteiger charge is -2.71. The number of aliphatic hydroxyl groups is 3. The summed E-state index contributed by atoms with van der Waals surface area (Å²) in [6.45, 7) is 13.9. The third kappa shape index (κ3) is 3.14. The molecule has 5 aliphatic carbocycles. The minimum absolute atomic E-state index is 0.0167. The molecule has 5 nitrogen and oxygen atoms in total. The molecular weight excluding hydrogens is 452 g/mol. The van der Waals surface area contributed by atoms with Crippen molar-refractivity contribution in [2.45, 2.75) is 112 Å². The van der Waals surface area contributed by atoms with E-state index in [0.717, 1.165) is 51.4 Å². The Hall–Kier alpha value is -0.910. The van der Waals surface area contributed by atoms with Gasteiger partial charge in [-0.05, 0) is 97.2 Å². The van der Waals surface area contributed by atoms with Gasteiger partial charge in [-0.2, -0.15) is 0 Å². The van der Waals surface area contributed by atoms with Gasteiger partial charge in [0.15, 0.2) is 0 Å². The third-order valence-electron chi connectivity index (χ3n) is 13.3. The molecule has 0 amide bonds. The molecule has 3 N–H and O–H groups in total. The van der Waals surface area contributed by atoms with Gasteiger partial charge in [-0.25, -0.2) is 0 Å². The molecule has 0 aliphatic heterocycles. The molecule has 5 aliphatic rings. The number of hydrogen-bond acceptors (Lipinski definition) is 5. The standard InChI is InChI=1S/C31H50O5/c1-26(2)12-14-31(25(35)36-7)15-13-29(5)19(20(31)16-26)8-9-23-27(3)17-21(33)24(34)28(4,18-32)22(27)10-11-30(23,29)6/h8,20-24,32-34H,9-18H2,1-7H3/t20-,21?,22+,23+,24?,27-,28-,29+,30+,31-/m0/s1. The molecule has 4 fully saturated rings. The van der Waals surface area contributed by atoms with Crippen molar-refractivity contribution in [1.82, 2.24) is 0 Å². The molecule has 0 aromatic carbocycles. The van der Waals surface area contributed by atoms with E-state index in [9.17, 15) is 20.1 Å². The highest BCUT2D eigenvalue weighted by molar-refractivity contribution is 5.78. The topological polar surface area (TPSA) is 87.0 Å². The number of allylic oxidation sites excluding steroid dienone is 2. The number of esters is 1. The minimum atomic E-state index is -0.893. The number of aliphatic hydroxyl groups excluding tert-OH is 3. The van der Waals surface area contributed by atoms with Crippen LogP contribution in [0.5, 0.6) is 0 Å². The van der Waals surface area contributed by atoms with Gasteiger partial charge < -0.3 is 20.1 Å². The number of ether oxygens (including phenoxy) is 1. The average molecular weight is 503 g/mol. The zero-order chi connectivity index (χ0) is 26.5. The second-order valence-electron chi connectivity index (χ2n) is 15.2. The van der Waals surface area contributed by atoms with Crippen LogP contribution in [-0.2, 0) is 9.53 Å². The van der Waals surface area contributed by atoms with Gasteiger partial charge >= 0.3 is 5.97 Å². The highest BCUT2D eigenvalue weighted by atomic mass is 16.5. The first kappa shape index (κ1) is 26.7. The van der Waals surface area contributed by atoms with E-state index in [4.69, 9.17) is 4.74 Å². The monoisotopic (exact) mass is 502 g/mol. The van der Waals surface area contributed by atoms with Crippen LogP contribution >= 0.6 is 0 Å². The molecule has 0 radical (unpaired) electrons. The van der Waals surface area contributed by atoms with E-state index >= 15 is 0 Å². The molecule has 0 aromatic heterocycles. The molecule has 0 bridgehead atoms. The van der Waals surface area contributed by atoms with Gasteiger partial charge in [-0.3, -0.25) is 4.79 Å². The average Bonchev–Trinajstić information content (AvgIpc) is 2.82. The van der Waals surface area contributed by atoms with Crippen LogP contribution in [0.15, 0.2) is 11.6 Å². The lowest BCUT2D eigenvalue weighted by Crippen LogP contribution is -2.68. The first-order valence-corrected chi connectivity index (χ1v) is 14.4. The van der Waals surface area contributed by atoms with Crippen molar-refractivity contribution in [1.29, 1.82) is 0 Å². The van der Waals surface area contributed by atoms with Crippen LogP contribution in [-0.4, -0.2) is 47.2 Å². The zero-order valence-corrected chi connectivity index (χ0v) is 23.7. The van der Waals surface area contributed by atoms with E-state index in [-0.39, 0.29) is 46.1 Å². The molecule has 4 saturated carbocycles. The van der Waals surface area contributed by atoms with Crippen molar-refractivity contribution in [3.8, 4) is 0 Å². The first-order chi connectivity index (χ1) is 16.7. The Morgan fingerprint density at radius 3 is 2.28 bits per heavy atom. The summed E-state index contributed by atoms with van der Waals surface area (Å²) >= 11 is 0. The van der Waals surface area contributed by atoms with E-state index in [2.05, 4.69) is 40.7 Å². The van der Waals surface area contributed by atoms with Gasteiger partial charge in [0, 0.05) is 5.41 Å². The predicted molar refractivity (Wildman–Crippen MR) is 140 cm³/mol. The van der Waals surface area contributed by atoms with E-state index in [1.54, 1.807) is 7.11 Å². The maximum Gasteiger partial charge on any atom is 0.312 e. The van der Waals surface area contributed by atoms with Crippen LogP contribution in [0.2, 0.25) is 0 Å². The molecule has 36 heavy (non-hydrogen) atoms. The summed E-state index contributed by atoms with van der Waals surface area (Å²) in [5.74, 6) is 0.721. The van der Waals surface area contributed by atoms with Crippen LogP contribution in [0, 0.1) is 50.2 Å². The lowest BCUT2D eigenvalue weighted by atomic mass is 9.33. The molecule has 5 heteroatoms. The second-order valence-corrected chi connectivity index (χ2v) is 15.2. The van der Waals surface area contributed by atoms with E-state index in [0.29, 0.717) is 12.3 Å². The number of carbonyl (C=O) groups is 1. The van der Waals surface area contributed by atoms with Crippen molar-refractivity contribution < 1.29 is 24.9 Å². The van der Waals surface area contributed by atoms with Crippen molar-refractivity contribution in [3.63, 3.8) is 0 Å². The third-order valence-corrected chi connectivity index (χ3v) is 13.3. The molecule has 204 valence electrons. The lowest BCUT2D eigenvalue weighted by molar-refractivity contribution is -0.243. The predicted octanol–water partition coefficient (Wildman–Crippen LogP) is 5.27. The fraction of sp³-hybridized carbons (Fsp3) is 0.903. The summed E-state index contributed by atoms with van der Waals surface area (Å²) < 4.78 is 5.47. The van der Waals surface area contributed by atoms with Gasteiger partial charge in [0.25, 0.3) is 0 Å². The van der Waals surface area contributed by atoms with Crippen LogP contribution in [0.3, 0.4) is 0 Å². The van der Waals surface area contributed by atoms with Crippen molar-refractivity contribution >= 4 is 5.97 Å². The molecule has 0 heterocycles. The summed E-state index contributed by atoms with van der Waals surface area (Å²) in [5.41, 5.74) is 0.445. The summed E-state index contributed by atoms with van der Waals surface area (Å²) in [7, 11) is 1.55. The van der Waals surface area contributed by atoms with Crippen LogP contribution in [0.4, 0.5) is 0 Å². The summed E-state index contributed by atoms with van der Waals surface area (Å²) in [4.78, 5) is 13.4. The highest BCUT2D eigenvalue weighted by Crippen LogP contribution is 2.75. The van der Waals surface area contributed by atoms with Crippen LogP contribution in [0.1, 0.15) is 99.3 Å². The largest absolute Gasteiger partial charge is 0.469 e. The maximum absolute atomic E-state index is 13.4. The maximum atomic E-state index is 13.4. The summed E-state index contributed by atoms with van der Waals surface area (Å²) in [6, 6.07) is 0. The summed E-state index contributed by atoms with van der Waals surface area (Å²) in [5, 5.41) is 32.4.